The van der Waals surface area contributed by atoms with Gasteiger partial charge in [-0.05, 0) is 45.4 Å². The van der Waals surface area contributed by atoms with Gasteiger partial charge in [0.25, 0.3) is 5.91 Å². The number of nitrogens with one attached hydrogen (secondary N) is 2. The van der Waals surface area contributed by atoms with E-state index in [9.17, 15) is 4.79 Å². The molecule has 1 amide bonds. The van der Waals surface area contributed by atoms with E-state index in [1.807, 2.05) is 56.1 Å². The predicted octanol–water partition coefficient (Wildman–Crippen LogP) is 3.57. The van der Waals surface area contributed by atoms with Gasteiger partial charge in [0.2, 0.25) is 0 Å². The van der Waals surface area contributed by atoms with Crippen LogP contribution >= 0.6 is 35.3 Å². The fourth-order valence-corrected chi connectivity index (χ4v) is 4.16. The number of morpholine rings is 1. The van der Waals surface area contributed by atoms with Gasteiger partial charge < -0.3 is 20.3 Å². The molecule has 9 heteroatoms. The van der Waals surface area contributed by atoms with Crippen molar-refractivity contribution in [2.24, 2.45) is 4.99 Å². The van der Waals surface area contributed by atoms with Gasteiger partial charge in [-0.15, -0.1) is 35.3 Å². The number of rotatable bonds is 6. The monoisotopic (exact) mass is 557 g/mol. The number of ether oxygens (including phenoxy) is 1. The van der Waals surface area contributed by atoms with Crippen molar-refractivity contribution < 1.29 is 9.53 Å². The fourth-order valence-electron chi connectivity index (χ4n) is 3.43. The first-order chi connectivity index (χ1) is 14.4. The van der Waals surface area contributed by atoms with Crippen molar-refractivity contribution in [3.05, 3.63) is 51.5 Å². The van der Waals surface area contributed by atoms with E-state index in [0.717, 1.165) is 23.1 Å². The molecular formula is C22H32IN5O2S. The zero-order valence-corrected chi connectivity index (χ0v) is 21.7. The molecule has 1 aromatic heterocycles. The van der Waals surface area contributed by atoms with E-state index < -0.39 is 0 Å². The Balaban J connectivity index is 0.00000341. The van der Waals surface area contributed by atoms with Crippen LogP contribution in [-0.2, 0) is 17.8 Å². The minimum absolute atomic E-state index is 0. The molecular weight excluding hydrogens is 525 g/mol. The van der Waals surface area contributed by atoms with Crippen LogP contribution in [0.3, 0.4) is 0 Å². The van der Waals surface area contributed by atoms with E-state index in [2.05, 4.69) is 27.5 Å². The van der Waals surface area contributed by atoms with Crippen LogP contribution in [0.15, 0.2) is 35.5 Å². The Morgan fingerprint density at radius 1 is 1.23 bits per heavy atom. The third-order valence-electron chi connectivity index (χ3n) is 4.75. The lowest BCUT2D eigenvalue weighted by molar-refractivity contribution is -0.0586. The van der Waals surface area contributed by atoms with Crippen molar-refractivity contribution in [1.82, 2.24) is 20.5 Å². The quantitative estimate of drug-likeness (QED) is 0.323. The number of thiazole rings is 1. The Morgan fingerprint density at radius 3 is 2.48 bits per heavy atom. The first-order valence-electron chi connectivity index (χ1n) is 10.4. The number of benzene rings is 1. The highest BCUT2D eigenvalue weighted by Crippen LogP contribution is 2.15. The molecule has 1 aromatic carbocycles. The molecule has 0 radical (unpaired) electrons. The van der Waals surface area contributed by atoms with Crippen molar-refractivity contribution in [1.29, 1.82) is 0 Å². The Hall–Kier alpha value is -1.72. The number of aryl methyl sites for hydroxylation is 1. The van der Waals surface area contributed by atoms with Crippen molar-refractivity contribution in [2.45, 2.75) is 53.0 Å². The second-order valence-electron chi connectivity index (χ2n) is 7.58. The number of nitrogens with zero attached hydrogens (tertiary/aromatic N) is 3. The first-order valence-corrected chi connectivity index (χ1v) is 11.2. The lowest BCUT2D eigenvalue weighted by Gasteiger charge is -2.35. The van der Waals surface area contributed by atoms with E-state index in [1.165, 1.54) is 4.88 Å². The molecule has 2 aromatic rings. The number of carbonyl (C=O) groups is 1. The summed E-state index contributed by atoms with van der Waals surface area (Å²) in [5.74, 6) is 0.808. The summed E-state index contributed by atoms with van der Waals surface area (Å²) in [7, 11) is 0. The molecule has 0 bridgehead atoms. The van der Waals surface area contributed by atoms with Gasteiger partial charge >= 0.3 is 0 Å². The molecule has 1 fully saturated rings. The molecule has 0 spiro atoms. The lowest BCUT2D eigenvalue weighted by atomic mass is 10.1. The topological polar surface area (TPSA) is 78.9 Å². The number of hydrogen-bond acceptors (Lipinski definition) is 5. The Bertz CT molecular complexity index is 861. The highest BCUT2D eigenvalue weighted by atomic mass is 127. The summed E-state index contributed by atoms with van der Waals surface area (Å²) in [5, 5.41) is 7.60. The van der Waals surface area contributed by atoms with E-state index in [1.54, 1.807) is 11.3 Å². The SMILES string of the molecule is CCNC(=NCc1ccc(C(=O)N2CC(C)OC(C)C2)cc1)NCc1ncc(C)s1.I. The third kappa shape index (κ3) is 7.73. The zero-order chi connectivity index (χ0) is 21.5. The van der Waals surface area contributed by atoms with Crippen molar-refractivity contribution >= 4 is 47.2 Å². The molecule has 7 nitrogen and oxygen atoms in total. The van der Waals surface area contributed by atoms with Gasteiger partial charge in [0, 0.05) is 36.3 Å². The van der Waals surface area contributed by atoms with Gasteiger partial charge in [0.15, 0.2) is 5.96 Å². The maximum absolute atomic E-state index is 12.8. The summed E-state index contributed by atoms with van der Waals surface area (Å²) < 4.78 is 5.72. The molecule has 0 saturated carbocycles. The van der Waals surface area contributed by atoms with Crippen LogP contribution < -0.4 is 10.6 Å². The van der Waals surface area contributed by atoms with Crippen LogP contribution in [0, 0.1) is 6.92 Å². The largest absolute Gasteiger partial charge is 0.372 e. The molecule has 2 unspecified atom stereocenters. The molecule has 2 heterocycles. The lowest BCUT2D eigenvalue weighted by Crippen LogP contribution is -2.48. The number of hydrogen-bond donors (Lipinski definition) is 2. The minimum Gasteiger partial charge on any atom is -0.372 e. The summed E-state index contributed by atoms with van der Waals surface area (Å²) in [6.45, 7) is 11.3. The molecule has 31 heavy (non-hydrogen) atoms. The van der Waals surface area contributed by atoms with Gasteiger partial charge in [-0.3, -0.25) is 4.79 Å². The van der Waals surface area contributed by atoms with Gasteiger partial charge in [-0.2, -0.15) is 0 Å². The summed E-state index contributed by atoms with van der Waals surface area (Å²) >= 11 is 1.68. The third-order valence-corrected chi connectivity index (χ3v) is 5.66. The van der Waals surface area contributed by atoms with Crippen LogP contribution in [0.5, 0.6) is 0 Å². The minimum atomic E-state index is 0. The number of aliphatic imine (C=N–C) groups is 1. The predicted molar refractivity (Wildman–Crippen MR) is 136 cm³/mol. The highest BCUT2D eigenvalue weighted by Gasteiger charge is 2.26. The fraction of sp³-hybridized carbons (Fsp3) is 0.500. The van der Waals surface area contributed by atoms with E-state index >= 15 is 0 Å². The summed E-state index contributed by atoms with van der Waals surface area (Å²) in [4.78, 5) is 24.9. The Labute approximate surface area is 205 Å². The molecule has 1 saturated heterocycles. The van der Waals surface area contributed by atoms with Gasteiger partial charge in [0.05, 0.1) is 25.3 Å². The van der Waals surface area contributed by atoms with Gasteiger partial charge in [-0.25, -0.2) is 9.98 Å². The number of halogens is 1. The normalized spacial score (nSPS) is 19.0. The maximum Gasteiger partial charge on any atom is 0.254 e. The standard InChI is InChI=1S/C22H31N5O2S.HI/c1-5-23-22(26-12-20-24-10-17(4)30-20)25-11-18-6-8-19(9-7-18)21(28)27-13-15(2)29-16(3)14-27;/h6-10,15-16H,5,11-14H2,1-4H3,(H2,23,25,26);1H. The molecule has 2 atom stereocenters. The van der Waals surface area contributed by atoms with Crippen LogP contribution in [0.4, 0.5) is 0 Å². The van der Waals surface area contributed by atoms with Crippen LogP contribution in [0.2, 0.25) is 0 Å². The van der Waals surface area contributed by atoms with Crippen LogP contribution in [0.1, 0.15) is 46.6 Å². The number of guanidine groups is 1. The van der Waals surface area contributed by atoms with Crippen LogP contribution in [-0.4, -0.2) is 53.6 Å². The number of aromatic nitrogens is 1. The first kappa shape index (κ1) is 25.5. The van der Waals surface area contributed by atoms with Crippen LogP contribution in [0.25, 0.3) is 0 Å². The smallest absolute Gasteiger partial charge is 0.254 e. The molecule has 1 aliphatic rings. The molecule has 1 aliphatic heterocycles. The second-order valence-corrected chi connectivity index (χ2v) is 8.90. The molecule has 170 valence electrons. The average molecular weight is 558 g/mol. The average Bonchev–Trinajstić information content (AvgIpc) is 3.14. The van der Waals surface area contributed by atoms with E-state index in [-0.39, 0.29) is 42.1 Å². The van der Waals surface area contributed by atoms with Gasteiger partial charge in [0.1, 0.15) is 5.01 Å². The number of carbonyl (C=O) groups excluding carboxylic acids is 1. The van der Waals surface area contributed by atoms with Gasteiger partial charge in [-0.1, -0.05) is 12.1 Å². The number of amides is 1. The summed E-state index contributed by atoms with van der Waals surface area (Å²) in [5.41, 5.74) is 1.76. The van der Waals surface area contributed by atoms with Crippen molar-refractivity contribution in [2.75, 3.05) is 19.6 Å². The molecule has 2 N–H and O–H groups in total. The van der Waals surface area contributed by atoms with Crippen molar-refractivity contribution in [3.8, 4) is 0 Å². The highest BCUT2D eigenvalue weighted by molar-refractivity contribution is 14.0. The maximum atomic E-state index is 12.8. The van der Waals surface area contributed by atoms with E-state index in [0.29, 0.717) is 31.7 Å². The molecule has 0 aliphatic carbocycles. The Kier molecular flexibility index (Phi) is 10.2. The van der Waals surface area contributed by atoms with Crippen molar-refractivity contribution in [3.63, 3.8) is 0 Å². The molecule has 3 rings (SSSR count). The summed E-state index contributed by atoms with van der Waals surface area (Å²) in [6.07, 6.45) is 2.01. The Morgan fingerprint density at radius 2 is 1.90 bits per heavy atom. The zero-order valence-electron chi connectivity index (χ0n) is 18.6. The summed E-state index contributed by atoms with van der Waals surface area (Å²) in [6, 6.07) is 7.71. The second kappa shape index (κ2) is 12.4. The van der Waals surface area contributed by atoms with E-state index in [4.69, 9.17) is 4.74 Å².